The van der Waals surface area contributed by atoms with Crippen molar-refractivity contribution in [3.8, 4) is 17.2 Å². The summed E-state index contributed by atoms with van der Waals surface area (Å²) in [6.45, 7) is 6.01. The number of phenols is 1. The van der Waals surface area contributed by atoms with Gasteiger partial charge in [-0.1, -0.05) is 37.3 Å². The maximum Gasteiger partial charge on any atom is 0.315 e. The van der Waals surface area contributed by atoms with Crippen molar-refractivity contribution in [3.63, 3.8) is 0 Å². The van der Waals surface area contributed by atoms with Gasteiger partial charge >= 0.3 is 5.97 Å². The molecule has 3 aromatic carbocycles. The maximum absolute atomic E-state index is 12.4. The van der Waals surface area contributed by atoms with E-state index in [2.05, 4.69) is 24.4 Å². The van der Waals surface area contributed by atoms with E-state index in [1.165, 1.54) is 5.56 Å². The van der Waals surface area contributed by atoms with Crippen LogP contribution < -0.4 is 10.1 Å². The summed E-state index contributed by atoms with van der Waals surface area (Å²) in [5.74, 6) is 0.906. The van der Waals surface area contributed by atoms with Gasteiger partial charge in [0, 0.05) is 16.8 Å². The van der Waals surface area contributed by atoms with Gasteiger partial charge in [-0.05, 0) is 86.4 Å². The molecule has 1 atom stereocenters. The van der Waals surface area contributed by atoms with Gasteiger partial charge in [0.2, 0.25) is 5.91 Å². The van der Waals surface area contributed by atoms with Crippen LogP contribution in [0.4, 0.5) is 5.69 Å². The number of hydrogen-bond acceptors (Lipinski definition) is 5. The van der Waals surface area contributed by atoms with Crippen LogP contribution in [0.2, 0.25) is 0 Å². The van der Waals surface area contributed by atoms with E-state index in [4.69, 9.17) is 9.47 Å². The number of carbonyl (C=O) groups excluding carboxylic acids is 2. The maximum atomic E-state index is 12.4. The Morgan fingerprint density at radius 3 is 2.56 bits per heavy atom. The number of nitrogens with one attached hydrogen (secondary N) is 1. The predicted octanol–water partition coefficient (Wildman–Crippen LogP) is 6.22. The van der Waals surface area contributed by atoms with Crippen molar-refractivity contribution >= 4 is 17.6 Å². The molecule has 4 rings (SSSR count). The fraction of sp³-hybridized carbons (Fsp3) is 0.333. The van der Waals surface area contributed by atoms with Crippen molar-refractivity contribution in [2.24, 2.45) is 0 Å². The van der Waals surface area contributed by atoms with Gasteiger partial charge in [-0.25, -0.2) is 0 Å². The molecular weight excluding hydrogens is 454 g/mol. The SMILES string of the molecule is CCOC(=O)CC(=O)Nc1cc(C)c(Oc2ccc(O)c(C(C)Cc3ccccc3)c2)c2c1CCC2. The van der Waals surface area contributed by atoms with Gasteiger partial charge in [-0.3, -0.25) is 9.59 Å². The van der Waals surface area contributed by atoms with Crippen molar-refractivity contribution in [1.82, 2.24) is 0 Å². The molecule has 1 aliphatic carbocycles. The quantitative estimate of drug-likeness (QED) is 0.276. The second-order valence-corrected chi connectivity index (χ2v) is 9.32. The van der Waals surface area contributed by atoms with E-state index in [1.807, 2.05) is 37.3 Å². The highest BCUT2D eigenvalue weighted by molar-refractivity contribution is 6.02. The number of ether oxygens (including phenoxy) is 2. The fourth-order valence-corrected chi connectivity index (χ4v) is 4.88. The van der Waals surface area contributed by atoms with E-state index in [9.17, 15) is 14.7 Å². The standard InChI is InChI=1S/C30H33NO5/c1-4-35-29(34)18-28(33)31-26-16-20(3)30(24-12-8-11-23(24)26)36-22-13-14-27(32)25(17-22)19(2)15-21-9-6-5-7-10-21/h5-7,9-10,13-14,16-17,19,32H,4,8,11-12,15,18H2,1-3H3,(H,31,33). The first-order chi connectivity index (χ1) is 17.4. The van der Waals surface area contributed by atoms with Gasteiger partial charge in [0.25, 0.3) is 0 Å². The van der Waals surface area contributed by atoms with Gasteiger partial charge in [0.1, 0.15) is 23.7 Å². The number of amides is 1. The largest absolute Gasteiger partial charge is 0.508 e. The summed E-state index contributed by atoms with van der Waals surface area (Å²) < 4.78 is 11.3. The van der Waals surface area contributed by atoms with Gasteiger partial charge in [-0.2, -0.15) is 0 Å². The molecule has 6 heteroatoms. The highest BCUT2D eigenvalue weighted by atomic mass is 16.5. The molecule has 0 saturated carbocycles. The number of esters is 1. The second kappa shape index (κ2) is 11.3. The molecule has 3 aromatic rings. The topological polar surface area (TPSA) is 84.9 Å². The predicted molar refractivity (Wildman–Crippen MR) is 140 cm³/mol. The number of phenolic OH excluding ortho intramolecular Hbond substituents is 1. The third kappa shape index (κ3) is 5.88. The van der Waals surface area contributed by atoms with Gasteiger partial charge < -0.3 is 19.9 Å². The van der Waals surface area contributed by atoms with E-state index in [1.54, 1.807) is 19.1 Å². The Labute approximate surface area is 212 Å². The van der Waals surface area contributed by atoms with Crippen molar-refractivity contribution in [3.05, 3.63) is 82.4 Å². The molecule has 0 spiro atoms. The Bertz CT molecular complexity index is 1250. The van der Waals surface area contributed by atoms with Gasteiger partial charge in [0.15, 0.2) is 0 Å². The minimum Gasteiger partial charge on any atom is -0.508 e. The second-order valence-electron chi connectivity index (χ2n) is 9.32. The average Bonchev–Trinajstić information content (AvgIpc) is 3.33. The van der Waals surface area contributed by atoms with Crippen LogP contribution in [0.5, 0.6) is 17.2 Å². The van der Waals surface area contributed by atoms with Crippen LogP contribution in [0.3, 0.4) is 0 Å². The van der Waals surface area contributed by atoms with Crippen LogP contribution in [0.15, 0.2) is 54.6 Å². The molecule has 6 nitrogen and oxygen atoms in total. The Hall–Kier alpha value is -3.80. The molecule has 0 heterocycles. The Balaban J connectivity index is 1.55. The molecule has 0 aliphatic heterocycles. The molecule has 0 aromatic heterocycles. The first-order valence-corrected chi connectivity index (χ1v) is 12.5. The Kier molecular flexibility index (Phi) is 7.93. The lowest BCUT2D eigenvalue weighted by Crippen LogP contribution is -2.19. The molecule has 1 aliphatic rings. The molecule has 1 unspecified atom stereocenters. The average molecular weight is 488 g/mol. The Morgan fingerprint density at radius 2 is 1.81 bits per heavy atom. The molecule has 0 radical (unpaired) electrons. The number of rotatable bonds is 9. The Morgan fingerprint density at radius 1 is 1.06 bits per heavy atom. The number of fused-ring (bicyclic) bond motifs is 1. The minimum absolute atomic E-state index is 0.111. The molecule has 0 saturated heterocycles. The summed E-state index contributed by atoms with van der Waals surface area (Å²) in [6, 6.07) is 17.5. The van der Waals surface area contributed by atoms with E-state index in [0.29, 0.717) is 5.75 Å². The highest BCUT2D eigenvalue weighted by Gasteiger charge is 2.24. The lowest BCUT2D eigenvalue weighted by atomic mass is 9.93. The van der Waals surface area contributed by atoms with Crippen molar-refractivity contribution in [2.75, 3.05) is 11.9 Å². The zero-order valence-electron chi connectivity index (χ0n) is 21.1. The van der Waals surface area contributed by atoms with Crippen LogP contribution in [0, 0.1) is 6.92 Å². The smallest absolute Gasteiger partial charge is 0.315 e. The first kappa shape index (κ1) is 25.3. The molecule has 2 N–H and O–H groups in total. The molecule has 0 fully saturated rings. The van der Waals surface area contributed by atoms with Crippen molar-refractivity contribution in [2.45, 2.75) is 58.8 Å². The number of anilines is 1. The van der Waals surface area contributed by atoms with E-state index < -0.39 is 5.97 Å². The normalized spacial score (nSPS) is 13.1. The lowest BCUT2D eigenvalue weighted by molar-refractivity contribution is -0.145. The summed E-state index contributed by atoms with van der Waals surface area (Å²) in [7, 11) is 0. The molecule has 1 amide bonds. The van der Waals surface area contributed by atoms with Crippen LogP contribution in [0.25, 0.3) is 0 Å². The van der Waals surface area contributed by atoms with Crippen LogP contribution in [-0.4, -0.2) is 23.6 Å². The first-order valence-electron chi connectivity index (χ1n) is 12.5. The summed E-state index contributed by atoms with van der Waals surface area (Å²) >= 11 is 0. The zero-order chi connectivity index (χ0) is 25.7. The fourth-order valence-electron chi connectivity index (χ4n) is 4.88. The molecular formula is C30H33NO5. The number of aryl methyl sites for hydroxylation is 1. The summed E-state index contributed by atoms with van der Waals surface area (Å²) in [6.07, 6.45) is 3.15. The highest BCUT2D eigenvalue weighted by Crippen LogP contribution is 2.42. The summed E-state index contributed by atoms with van der Waals surface area (Å²) in [5, 5.41) is 13.4. The third-order valence-electron chi connectivity index (χ3n) is 6.55. The van der Waals surface area contributed by atoms with Crippen LogP contribution >= 0.6 is 0 Å². The van der Waals surface area contributed by atoms with Gasteiger partial charge in [0.05, 0.1) is 6.61 Å². The monoisotopic (exact) mass is 487 g/mol. The summed E-state index contributed by atoms with van der Waals surface area (Å²) in [5.41, 5.74) is 5.80. The van der Waals surface area contributed by atoms with E-state index in [-0.39, 0.29) is 30.6 Å². The molecule has 0 bridgehead atoms. The molecule has 36 heavy (non-hydrogen) atoms. The van der Waals surface area contributed by atoms with Crippen molar-refractivity contribution < 1.29 is 24.2 Å². The number of carbonyl (C=O) groups is 2. The van der Waals surface area contributed by atoms with Crippen LogP contribution in [0.1, 0.15) is 60.4 Å². The lowest BCUT2D eigenvalue weighted by Gasteiger charge is -2.19. The molecule has 188 valence electrons. The summed E-state index contributed by atoms with van der Waals surface area (Å²) in [4.78, 5) is 24.1. The third-order valence-corrected chi connectivity index (χ3v) is 6.55. The van der Waals surface area contributed by atoms with Gasteiger partial charge in [-0.15, -0.1) is 0 Å². The number of benzene rings is 3. The van der Waals surface area contributed by atoms with Crippen molar-refractivity contribution in [1.29, 1.82) is 0 Å². The van der Waals surface area contributed by atoms with E-state index >= 15 is 0 Å². The number of hydrogen-bond donors (Lipinski definition) is 2. The van der Waals surface area contributed by atoms with E-state index in [0.717, 1.165) is 59.4 Å². The minimum atomic E-state index is -0.534. The van der Waals surface area contributed by atoms with Crippen LogP contribution in [-0.2, 0) is 33.6 Å². The number of aromatic hydroxyl groups is 1. The zero-order valence-corrected chi connectivity index (χ0v) is 21.1.